The Morgan fingerprint density at radius 3 is 2.52 bits per heavy atom. The predicted octanol–water partition coefficient (Wildman–Crippen LogP) is 4.01. The van der Waals surface area contributed by atoms with Gasteiger partial charge >= 0.3 is 0 Å². The summed E-state index contributed by atoms with van der Waals surface area (Å²) in [5, 5.41) is 3.38. The Balaban J connectivity index is 2.27. The molecule has 0 aliphatic heterocycles. The van der Waals surface area contributed by atoms with Crippen molar-refractivity contribution < 1.29 is 4.74 Å². The first-order chi connectivity index (χ1) is 10.0. The van der Waals surface area contributed by atoms with Gasteiger partial charge in [0.15, 0.2) is 0 Å². The lowest BCUT2D eigenvalue weighted by atomic mass is 10.1. The van der Waals surface area contributed by atoms with Crippen LogP contribution in [0.2, 0.25) is 0 Å². The number of hydrogen-bond acceptors (Lipinski definition) is 3. The third-order valence-corrected chi connectivity index (χ3v) is 4.58. The lowest BCUT2D eigenvalue weighted by Crippen LogP contribution is -2.09. The molecule has 5 heteroatoms. The third kappa shape index (κ3) is 3.86. The molecule has 1 N–H and O–H groups in total. The molecule has 114 valence electrons. The molecule has 0 saturated carbocycles. The summed E-state index contributed by atoms with van der Waals surface area (Å²) in [7, 11) is 1.72. The van der Waals surface area contributed by atoms with E-state index in [2.05, 4.69) is 63.0 Å². The number of rotatable bonds is 6. The standard InChI is InChI=1S/C16H22BrN3O/c1-11-8-14(9-12(2)15(11)17)20-10-13(3)19-16(20)18-6-5-7-21-4/h8-10H,5-7H2,1-4H3,(H,18,19). The number of anilines is 1. The van der Waals surface area contributed by atoms with E-state index in [1.807, 2.05) is 6.92 Å². The molecule has 0 saturated heterocycles. The summed E-state index contributed by atoms with van der Waals surface area (Å²) >= 11 is 3.61. The van der Waals surface area contributed by atoms with Crippen molar-refractivity contribution in [3.63, 3.8) is 0 Å². The number of aryl methyl sites for hydroxylation is 3. The van der Waals surface area contributed by atoms with Crippen molar-refractivity contribution in [2.24, 2.45) is 0 Å². The van der Waals surface area contributed by atoms with Crippen LogP contribution in [-0.4, -0.2) is 29.8 Å². The van der Waals surface area contributed by atoms with Crippen LogP contribution >= 0.6 is 15.9 Å². The molecule has 0 aliphatic rings. The number of methoxy groups -OCH3 is 1. The van der Waals surface area contributed by atoms with Gasteiger partial charge < -0.3 is 10.1 Å². The fourth-order valence-electron chi connectivity index (χ4n) is 2.30. The van der Waals surface area contributed by atoms with Gasteiger partial charge in [-0.15, -0.1) is 0 Å². The van der Waals surface area contributed by atoms with Crippen molar-refractivity contribution >= 4 is 21.9 Å². The fraction of sp³-hybridized carbons (Fsp3) is 0.438. The van der Waals surface area contributed by atoms with Gasteiger partial charge in [0.2, 0.25) is 5.95 Å². The molecule has 1 heterocycles. The van der Waals surface area contributed by atoms with Crippen LogP contribution in [0.25, 0.3) is 5.69 Å². The Morgan fingerprint density at radius 1 is 1.24 bits per heavy atom. The molecule has 1 aromatic heterocycles. The zero-order valence-corrected chi connectivity index (χ0v) is 14.6. The summed E-state index contributed by atoms with van der Waals surface area (Å²) in [6.45, 7) is 7.82. The fourth-order valence-corrected chi connectivity index (χ4v) is 2.53. The van der Waals surface area contributed by atoms with Crippen molar-refractivity contribution in [1.82, 2.24) is 9.55 Å². The molecule has 0 atom stereocenters. The quantitative estimate of drug-likeness (QED) is 0.799. The van der Waals surface area contributed by atoms with Gasteiger partial charge in [0, 0.05) is 36.6 Å². The van der Waals surface area contributed by atoms with Crippen LogP contribution in [0.15, 0.2) is 22.8 Å². The van der Waals surface area contributed by atoms with Crippen molar-refractivity contribution in [2.75, 3.05) is 25.6 Å². The maximum Gasteiger partial charge on any atom is 0.207 e. The number of nitrogens with zero attached hydrogens (tertiary/aromatic N) is 2. The summed E-state index contributed by atoms with van der Waals surface area (Å²) in [5.41, 5.74) is 4.58. The van der Waals surface area contributed by atoms with Crippen molar-refractivity contribution in [3.05, 3.63) is 39.6 Å². The molecule has 0 radical (unpaired) electrons. The van der Waals surface area contributed by atoms with Gasteiger partial charge in [0.25, 0.3) is 0 Å². The van der Waals surface area contributed by atoms with Gasteiger partial charge in [0.05, 0.1) is 5.69 Å². The van der Waals surface area contributed by atoms with Gasteiger partial charge in [-0.2, -0.15) is 0 Å². The number of ether oxygens (including phenoxy) is 1. The monoisotopic (exact) mass is 351 g/mol. The first-order valence-electron chi connectivity index (χ1n) is 7.09. The summed E-state index contributed by atoms with van der Waals surface area (Å²) in [6, 6.07) is 4.33. The summed E-state index contributed by atoms with van der Waals surface area (Å²) in [6.07, 6.45) is 3.02. The van der Waals surface area contributed by atoms with Gasteiger partial charge in [-0.3, -0.25) is 4.57 Å². The van der Waals surface area contributed by atoms with Gasteiger partial charge in [-0.25, -0.2) is 4.98 Å². The minimum absolute atomic E-state index is 0.753. The molecule has 0 spiro atoms. The van der Waals surface area contributed by atoms with Crippen molar-refractivity contribution in [3.8, 4) is 5.69 Å². The number of aromatic nitrogens is 2. The van der Waals surface area contributed by atoms with E-state index >= 15 is 0 Å². The predicted molar refractivity (Wildman–Crippen MR) is 90.5 cm³/mol. The molecule has 0 fully saturated rings. The molecule has 1 aromatic carbocycles. The lowest BCUT2D eigenvalue weighted by Gasteiger charge is -2.12. The first kappa shape index (κ1) is 16.0. The van der Waals surface area contributed by atoms with E-state index in [-0.39, 0.29) is 0 Å². The molecule has 21 heavy (non-hydrogen) atoms. The molecule has 2 rings (SSSR count). The smallest absolute Gasteiger partial charge is 0.207 e. The Kier molecular flexibility index (Phi) is 5.42. The molecule has 0 unspecified atom stereocenters. The van der Waals surface area contributed by atoms with Gasteiger partial charge in [-0.05, 0) is 50.5 Å². The summed E-state index contributed by atoms with van der Waals surface area (Å²) < 4.78 is 8.34. The van der Waals surface area contributed by atoms with Gasteiger partial charge in [0.1, 0.15) is 0 Å². The average Bonchev–Trinajstić information content (AvgIpc) is 2.81. The lowest BCUT2D eigenvalue weighted by molar-refractivity contribution is 0.197. The maximum absolute atomic E-state index is 5.07. The van der Waals surface area contributed by atoms with E-state index in [0.29, 0.717) is 0 Å². The minimum Gasteiger partial charge on any atom is -0.385 e. The highest BCUT2D eigenvalue weighted by Crippen LogP contribution is 2.26. The molecule has 0 aliphatic carbocycles. The topological polar surface area (TPSA) is 39.1 Å². The Morgan fingerprint density at radius 2 is 1.90 bits per heavy atom. The molecular weight excluding hydrogens is 330 g/mol. The van der Waals surface area contributed by atoms with Crippen molar-refractivity contribution in [1.29, 1.82) is 0 Å². The van der Waals surface area contributed by atoms with Crippen LogP contribution in [0.3, 0.4) is 0 Å². The van der Waals surface area contributed by atoms with Crippen LogP contribution in [0, 0.1) is 20.8 Å². The minimum atomic E-state index is 0.753. The third-order valence-electron chi connectivity index (χ3n) is 3.33. The number of benzene rings is 1. The molecule has 4 nitrogen and oxygen atoms in total. The van der Waals surface area contributed by atoms with Crippen LogP contribution in [0.1, 0.15) is 23.2 Å². The number of hydrogen-bond donors (Lipinski definition) is 1. The summed E-state index contributed by atoms with van der Waals surface area (Å²) in [5.74, 6) is 0.879. The second-order valence-corrected chi connectivity index (χ2v) is 6.04. The van der Waals surface area contributed by atoms with Gasteiger partial charge in [-0.1, -0.05) is 15.9 Å². The number of halogens is 1. The van der Waals surface area contributed by atoms with Crippen LogP contribution < -0.4 is 5.32 Å². The zero-order valence-electron chi connectivity index (χ0n) is 13.0. The van der Waals surface area contributed by atoms with E-state index in [1.54, 1.807) is 7.11 Å². The van der Waals surface area contributed by atoms with E-state index in [1.165, 1.54) is 11.1 Å². The van der Waals surface area contributed by atoms with E-state index in [4.69, 9.17) is 4.74 Å². The second kappa shape index (κ2) is 7.09. The Hall–Kier alpha value is -1.33. The first-order valence-corrected chi connectivity index (χ1v) is 7.88. The zero-order chi connectivity index (χ0) is 15.4. The van der Waals surface area contributed by atoms with E-state index in [0.717, 1.165) is 41.4 Å². The SMILES string of the molecule is COCCCNc1nc(C)cn1-c1cc(C)c(Br)c(C)c1. The van der Waals surface area contributed by atoms with E-state index in [9.17, 15) is 0 Å². The number of nitrogens with one attached hydrogen (secondary N) is 1. The average molecular weight is 352 g/mol. The highest BCUT2D eigenvalue weighted by Gasteiger charge is 2.10. The van der Waals surface area contributed by atoms with Crippen molar-refractivity contribution in [2.45, 2.75) is 27.2 Å². The Bertz CT molecular complexity index is 599. The molecular formula is C16H22BrN3O. The second-order valence-electron chi connectivity index (χ2n) is 5.24. The van der Waals surface area contributed by atoms with Crippen LogP contribution in [0.4, 0.5) is 5.95 Å². The maximum atomic E-state index is 5.07. The normalized spacial score (nSPS) is 10.9. The highest BCUT2D eigenvalue weighted by atomic mass is 79.9. The summed E-state index contributed by atoms with van der Waals surface area (Å²) in [4.78, 5) is 4.57. The molecule has 0 bridgehead atoms. The molecule has 0 amide bonds. The molecule has 2 aromatic rings. The largest absolute Gasteiger partial charge is 0.385 e. The van der Waals surface area contributed by atoms with Crippen LogP contribution in [-0.2, 0) is 4.74 Å². The van der Waals surface area contributed by atoms with E-state index < -0.39 is 0 Å². The number of imidazole rings is 1. The van der Waals surface area contributed by atoms with Crippen LogP contribution in [0.5, 0.6) is 0 Å². The highest BCUT2D eigenvalue weighted by molar-refractivity contribution is 9.10. The Labute approximate surface area is 134 Å².